The second-order valence-corrected chi connectivity index (χ2v) is 6.52. The van der Waals surface area contributed by atoms with E-state index < -0.39 is 5.91 Å². The third kappa shape index (κ3) is 2.78. The van der Waals surface area contributed by atoms with Gasteiger partial charge in [-0.1, -0.05) is 11.3 Å². The van der Waals surface area contributed by atoms with Gasteiger partial charge in [0.1, 0.15) is 5.75 Å². The van der Waals surface area contributed by atoms with Gasteiger partial charge in [0.2, 0.25) is 5.82 Å². The first-order chi connectivity index (χ1) is 12.0. The van der Waals surface area contributed by atoms with Gasteiger partial charge in [-0.25, -0.2) is 14.5 Å². The SMILES string of the molecule is COc1ccc2nc(NC(=O)c3nc4nc(C)cc(C)n4n3)sc2c1. The maximum absolute atomic E-state index is 12.4. The van der Waals surface area contributed by atoms with Crippen LogP contribution < -0.4 is 10.1 Å². The minimum atomic E-state index is -0.423. The smallest absolute Gasteiger partial charge is 0.297 e. The zero-order valence-electron chi connectivity index (χ0n) is 13.8. The number of hydrogen-bond acceptors (Lipinski definition) is 7. The number of ether oxygens (including phenoxy) is 1. The first-order valence-corrected chi connectivity index (χ1v) is 8.32. The Labute approximate surface area is 146 Å². The number of benzene rings is 1. The van der Waals surface area contributed by atoms with E-state index in [-0.39, 0.29) is 5.82 Å². The molecule has 0 fully saturated rings. The molecule has 9 heteroatoms. The Bertz CT molecular complexity index is 1120. The van der Waals surface area contributed by atoms with Gasteiger partial charge in [0.15, 0.2) is 5.13 Å². The molecule has 0 aliphatic carbocycles. The number of carbonyl (C=O) groups excluding carboxylic acids is 1. The van der Waals surface area contributed by atoms with Gasteiger partial charge < -0.3 is 4.74 Å². The summed E-state index contributed by atoms with van der Waals surface area (Å²) in [4.78, 5) is 25.3. The van der Waals surface area contributed by atoms with Crippen molar-refractivity contribution in [2.24, 2.45) is 0 Å². The van der Waals surface area contributed by atoms with Gasteiger partial charge in [-0.05, 0) is 38.1 Å². The highest BCUT2D eigenvalue weighted by Crippen LogP contribution is 2.29. The average molecular weight is 354 g/mol. The Kier molecular flexibility index (Phi) is 3.57. The van der Waals surface area contributed by atoms with Crippen LogP contribution in [0.4, 0.5) is 5.13 Å². The Morgan fingerprint density at radius 2 is 2.04 bits per heavy atom. The number of aromatic nitrogens is 5. The fourth-order valence-electron chi connectivity index (χ4n) is 2.50. The van der Waals surface area contributed by atoms with Gasteiger partial charge in [0, 0.05) is 11.4 Å². The van der Waals surface area contributed by atoms with E-state index in [1.54, 1.807) is 11.6 Å². The molecule has 0 saturated heterocycles. The second-order valence-electron chi connectivity index (χ2n) is 5.49. The zero-order chi connectivity index (χ0) is 17.6. The highest BCUT2D eigenvalue weighted by atomic mass is 32.1. The molecule has 25 heavy (non-hydrogen) atoms. The first kappa shape index (κ1) is 15.5. The summed E-state index contributed by atoms with van der Waals surface area (Å²) in [5, 5.41) is 7.44. The summed E-state index contributed by atoms with van der Waals surface area (Å²) >= 11 is 1.36. The minimum absolute atomic E-state index is 0.0537. The van der Waals surface area contributed by atoms with E-state index in [4.69, 9.17) is 4.74 Å². The molecule has 1 aromatic carbocycles. The summed E-state index contributed by atoms with van der Waals surface area (Å²) in [6, 6.07) is 7.43. The Balaban J connectivity index is 1.64. The number of anilines is 1. The normalized spacial score (nSPS) is 11.2. The molecule has 4 aromatic rings. The third-order valence-corrected chi connectivity index (χ3v) is 4.57. The minimum Gasteiger partial charge on any atom is -0.497 e. The number of carbonyl (C=O) groups is 1. The molecule has 0 aliphatic rings. The number of methoxy groups -OCH3 is 1. The van der Waals surface area contributed by atoms with Crippen molar-refractivity contribution in [1.82, 2.24) is 24.6 Å². The van der Waals surface area contributed by atoms with Crippen LogP contribution in [-0.4, -0.2) is 37.6 Å². The molecule has 0 saturated carbocycles. The maximum Gasteiger partial charge on any atom is 0.297 e. The number of hydrogen-bond donors (Lipinski definition) is 1. The number of amides is 1. The first-order valence-electron chi connectivity index (χ1n) is 7.50. The molecular formula is C16H14N6O2S. The van der Waals surface area contributed by atoms with Gasteiger partial charge in [-0.15, -0.1) is 5.10 Å². The number of fused-ring (bicyclic) bond motifs is 2. The second kappa shape index (κ2) is 5.78. The van der Waals surface area contributed by atoms with Crippen LogP contribution in [0, 0.1) is 13.8 Å². The maximum atomic E-state index is 12.4. The van der Waals surface area contributed by atoms with Crippen LogP contribution in [0.25, 0.3) is 16.0 Å². The van der Waals surface area contributed by atoms with Gasteiger partial charge in [-0.3, -0.25) is 10.1 Å². The van der Waals surface area contributed by atoms with E-state index in [2.05, 4.69) is 25.4 Å². The van der Waals surface area contributed by atoms with Crippen LogP contribution in [0.5, 0.6) is 5.75 Å². The molecule has 1 amide bonds. The summed E-state index contributed by atoms with van der Waals surface area (Å²) in [5.74, 6) is 0.774. The number of nitrogens with zero attached hydrogens (tertiary/aromatic N) is 5. The predicted molar refractivity (Wildman–Crippen MR) is 94.4 cm³/mol. The van der Waals surface area contributed by atoms with Crippen molar-refractivity contribution in [1.29, 1.82) is 0 Å². The van der Waals surface area contributed by atoms with Crippen LogP contribution in [0.15, 0.2) is 24.3 Å². The lowest BCUT2D eigenvalue weighted by Gasteiger charge is -1.97. The quantitative estimate of drug-likeness (QED) is 0.608. The van der Waals surface area contributed by atoms with Crippen molar-refractivity contribution in [2.75, 3.05) is 12.4 Å². The summed E-state index contributed by atoms with van der Waals surface area (Å²) in [7, 11) is 1.61. The van der Waals surface area contributed by atoms with Crippen molar-refractivity contribution in [3.63, 3.8) is 0 Å². The molecule has 126 valence electrons. The number of nitrogens with one attached hydrogen (secondary N) is 1. The Morgan fingerprint density at radius 3 is 2.84 bits per heavy atom. The van der Waals surface area contributed by atoms with Gasteiger partial charge in [-0.2, -0.15) is 4.98 Å². The molecular weight excluding hydrogens is 340 g/mol. The lowest BCUT2D eigenvalue weighted by molar-refractivity contribution is 0.101. The van der Waals surface area contributed by atoms with Crippen LogP contribution in [0.3, 0.4) is 0 Å². The number of aryl methyl sites for hydroxylation is 2. The van der Waals surface area contributed by atoms with Gasteiger partial charge in [0.25, 0.3) is 11.7 Å². The molecule has 1 N–H and O–H groups in total. The topological polar surface area (TPSA) is 94.3 Å². The highest BCUT2D eigenvalue weighted by Gasteiger charge is 2.17. The van der Waals surface area contributed by atoms with Crippen molar-refractivity contribution in [2.45, 2.75) is 13.8 Å². The van der Waals surface area contributed by atoms with E-state index in [0.29, 0.717) is 10.9 Å². The molecule has 0 atom stereocenters. The Hall–Kier alpha value is -3.07. The highest BCUT2D eigenvalue weighted by molar-refractivity contribution is 7.22. The molecule has 0 aliphatic heterocycles. The molecule has 3 heterocycles. The monoisotopic (exact) mass is 354 g/mol. The van der Waals surface area contributed by atoms with E-state index >= 15 is 0 Å². The molecule has 8 nitrogen and oxygen atoms in total. The molecule has 0 bridgehead atoms. The van der Waals surface area contributed by atoms with E-state index in [1.165, 1.54) is 11.3 Å². The van der Waals surface area contributed by atoms with E-state index in [9.17, 15) is 4.79 Å². The summed E-state index contributed by atoms with van der Waals surface area (Å²) in [6.07, 6.45) is 0. The fourth-order valence-corrected chi connectivity index (χ4v) is 3.39. The largest absolute Gasteiger partial charge is 0.497 e. The lowest BCUT2D eigenvalue weighted by atomic mass is 10.3. The van der Waals surface area contributed by atoms with Crippen molar-refractivity contribution in [3.8, 4) is 5.75 Å². The van der Waals surface area contributed by atoms with Crippen LogP contribution in [-0.2, 0) is 0 Å². The number of rotatable bonds is 3. The van der Waals surface area contributed by atoms with Gasteiger partial charge >= 0.3 is 0 Å². The summed E-state index contributed by atoms with van der Waals surface area (Å²) in [6.45, 7) is 3.76. The number of thiazole rings is 1. The van der Waals surface area contributed by atoms with Crippen LogP contribution in [0.1, 0.15) is 22.0 Å². The van der Waals surface area contributed by atoms with Crippen LogP contribution in [0.2, 0.25) is 0 Å². The Morgan fingerprint density at radius 1 is 1.20 bits per heavy atom. The molecule has 0 radical (unpaired) electrons. The standard InChI is InChI=1S/C16H14N6O2S/c1-8-6-9(2)22-15(17-8)19-13(21-22)14(23)20-16-18-11-5-4-10(24-3)7-12(11)25-16/h4-7H,1-3H3,(H,18,20,23). The fraction of sp³-hybridized carbons (Fsp3) is 0.188. The molecule has 4 rings (SSSR count). The van der Waals surface area contributed by atoms with Crippen molar-refractivity contribution >= 4 is 38.4 Å². The summed E-state index contributed by atoms with van der Waals surface area (Å²) in [5.41, 5.74) is 2.47. The third-order valence-electron chi connectivity index (χ3n) is 3.64. The van der Waals surface area contributed by atoms with Crippen molar-refractivity contribution in [3.05, 3.63) is 41.5 Å². The summed E-state index contributed by atoms with van der Waals surface area (Å²) < 4.78 is 7.67. The van der Waals surface area contributed by atoms with Crippen LogP contribution >= 0.6 is 11.3 Å². The molecule has 0 unspecified atom stereocenters. The van der Waals surface area contributed by atoms with Gasteiger partial charge in [0.05, 0.1) is 17.3 Å². The predicted octanol–water partition coefficient (Wildman–Crippen LogP) is 2.61. The molecule has 3 aromatic heterocycles. The zero-order valence-corrected chi connectivity index (χ0v) is 14.6. The van der Waals surface area contributed by atoms with E-state index in [0.717, 1.165) is 27.4 Å². The van der Waals surface area contributed by atoms with E-state index in [1.807, 2.05) is 38.1 Å². The average Bonchev–Trinajstić information content (AvgIpc) is 3.17. The molecule has 0 spiro atoms. The van der Waals surface area contributed by atoms with Crippen molar-refractivity contribution < 1.29 is 9.53 Å². The lowest BCUT2D eigenvalue weighted by Crippen LogP contribution is -2.13.